The number of hydrogen-bond donors (Lipinski definition) is 0. The van der Waals surface area contributed by atoms with Crippen molar-refractivity contribution in [2.24, 2.45) is 0 Å². The zero-order valence-electron chi connectivity index (χ0n) is 12.7. The van der Waals surface area contributed by atoms with E-state index in [9.17, 15) is 0 Å². The molecule has 0 bridgehead atoms. The summed E-state index contributed by atoms with van der Waals surface area (Å²) in [6.07, 6.45) is 5.50. The summed E-state index contributed by atoms with van der Waals surface area (Å²) in [4.78, 5) is 2.56. The first-order valence-corrected chi connectivity index (χ1v) is 8.35. The number of rotatable bonds is 3. The van der Waals surface area contributed by atoms with Crippen molar-refractivity contribution < 1.29 is 0 Å². The van der Waals surface area contributed by atoms with Crippen LogP contribution in [0, 0.1) is 0 Å². The van der Waals surface area contributed by atoms with E-state index < -0.39 is 0 Å². The van der Waals surface area contributed by atoms with Crippen LogP contribution in [0.15, 0.2) is 53.6 Å². The number of pyridine rings is 1. The van der Waals surface area contributed by atoms with Gasteiger partial charge in [0.15, 0.2) is 5.65 Å². The molecule has 0 N–H and O–H groups in total. The average Bonchev–Trinajstić information content (AvgIpc) is 3.11. The summed E-state index contributed by atoms with van der Waals surface area (Å²) >= 11 is 1.82. The Morgan fingerprint density at radius 2 is 1.95 bits per heavy atom. The fraction of sp³-hybridized carbons (Fsp3) is 0.222. The Bertz CT molecular complexity index is 877. The van der Waals surface area contributed by atoms with Crippen molar-refractivity contribution in [2.45, 2.75) is 31.1 Å². The van der Waals surface area contributed by atoms with Gasteiger partial charge in [-0.25, -0.2) is 0 Å². The Morgan fingerprint density at radius 3 is 2.82 bits per heavy atom. The van der Waals surface area contributed by atoms with Gasteiger partial charge in [-0.2, -0.15) is 0 Å². The summed E-state index contributed by atoms with van der Waals surface area (Å²) < 4.78 is 2.11. The number of allylic oxidation sites excluding steroid dienone is 1. The fourth-order valence-corrected chi connectivity index (χ4v) is 3.84. The molecule has 4 heteroatoms. The van der Waals surface area contributed by atoms with Crippen LogP contribution in [0.2, 0.25) is 0 Å². The van der Waals surface area contributed by atoms with Crippen molar-refractivity contribution in [3.8, 4) is 0 Å². The van der Waals surface area contributed by atoms with Crippen molar-refractivity contribution in [1.29, 1.82) is 0 Å². The van der Waals surface area contributed by atoms with E-state index in [0.717, 1.165) is 17.9 Å². The number of nitrogens with zero attached hydrogens (tertiary/aromatic N) is 3. The minimum Gasteiger partial charge on any atom is -0.285 e. The molecule has 0 fully saturated rings. The molecule has 0 radical (unpaired) electrons. The van der Waals surface area contributed by atoms with Crippen LogP contribution in [-0.2, 0) is 6.42 Å². The average molecular weight is 307 g/mol. The molecule has 1 aromatic carbocycles. The van der Waals surface area contributed by atoms with Gasteiger partial charge in [0.25, 0.3) is 0 Å². The molecular weight excluding hydrogens is 290 g/mol. The third kappa shape index (κ3) is 2.24. The fourth-order valence-electron chi connectivity index (χ4n) is 2.82. The van der Waals surface area contributed by atoms with Crippen molar-refractivity contribution in [3.05, 3.63) is 65.6 Å². The zero-order chi connectivity index (χ0) is 15.1. The normalized spacial score (nSPS) is 13.7. The van der Waals surface area contributed by atoms with Crippen molar-refractivity contribution in [1.82, 2.24) is 14.6 Å². The first-order chi connectivity index (χ1) is 10.7. The number of fused-ring (bicyclic) bond motifs is 2. The first kappa shape index (κ1) is 13.6. The highest BCUT2D eigenvalue weighted by Gasteiger charge is 2.15. The van der Waals surface area contributed by atoms with Crippen molar-refractivity contribution in [3.63, 3.8) is 0 Å². The Labute approximate surface area is 134 Å². The molecule has 0 atom stereocenters. The molecule has 3 aromatic rings. The van der Waals surface area contributed by atoms with Crippen molar-refractivity contribution in [2.75, 3.05) is 0 Å². The summed E-state index contributed by atoms with van der Waals surface area (Å²) in [6, 6.07) is 12.8. The van der Waals surface area contributed by atoms with E-state index in [0.29, 0.717) is 5.92 Å². The quantitative estimate of drug-likeness (QED) is 0.711. The van der Waals surface area contributed by atoms with E-state index >= 15 is 0 Å². The minimum absolute atomic E-state index is 0.363. The molecule has 2 aromatic heterocycles. The van der Waals surface area contributed by atoms with Crippen molar-refractivity contribution >= 4 is 22.3 Å². The van der Waals surface area contributed by atoms with Gasteiger partial charge in [-0.3, -0.25) is 4.40 Å². The molecule has 3 nitrogen and oxygen atoms in total. The summed E-state index contributed by atoms with van der Waals surface area (Å²) in [6.45, 7) is 4.29. The summed E-state index contributed by atoms with van der Waals surface area (Å²) in [7, 11) is 0. The van der Waals surface area contributed by atoms with Crippen LogP contribution in [0.3, 0.4) is 0 Å². The monoisotopic (exact) mass is 307 g/mol. The molecule has 1 aliphatic carbocycles. The third-order valence-electron chi connectivity index (χ3n) is 3.94. The highest BCUT2D eigenvalue weighted by molar-refractivity contribution is 8.08. The van der Waals surface area contributed by atoms with Gasteiger partial charge in [0.05, 0.1) is 0 Å². The molecule has 1 aliphatic rings. The second-order valence-electron chi connectivity index (χ2n) is 5.84. The van der Waals surface area contributed by atoms with E-state index in [4.69, 9.17) is 0 Å². The second-order valence-corrected chi connectivity index (χ2v) is 6.95. The van der Waals surface area contributed by atoms with Gasteiger partial charge < -0.3 is 0 Å². The largest absolute Gasteiger partial charge is 0.285 e. The van der Waals surface area contributed by atoms with Crippen LogP contribution in [0.5, 0.6) is 0 Å². The lowest BCUT2D eigenvalue weighted by Gasteiger charge is -2.07. The highest BCUT2D eigenvalue weighted by atomic mass is 32.2. The Balaban J connectivity index is 1.69. The van der Waals surface area contributed by atoms with Gasteiger partial charge >= 0.3 is 0 Å². The summed E-state index contributed by atoms with van der Waals surface area (Å²) in [5.41, 5.74) is 3.69. The molecule has 22 heavy (non-hydrogen) atoms. The van der Waals surface area contributed by atoms with Crippen LogP contribution in [0.1, 0.15) is 36.7 Å². The first-order valence-electron chi connectivity index (χ1n) is 7.53. The maximum absolute atomic E-state index is 4.29. The predicted octanol–water partition coefficient (Wildman–Crippen LogP) is 4.54. The van der Waals surface area contributed by atoms with E-state index in [2.05, 4.69) is 71.1 Å². The molecule has 0 saturated heterocycles. The standard InChI is InChI=1S/C18H17N3S/c1-12(2)18-20-19-17-10-8-14(11-21(17)18)22-16-9-7-13-5-3-4-6-15(13)16/h3-6,8-12H,7H2,1-2H3. The molecule has 0 spiro atoms. The number of thioether (sulfide) groups is 1. The van der Waals surface area contributed by atoms with E-state index in [1.807, 2.05) is 17.8 Å². The van der Waals surface area contributed by atoms with Crippen LogP contribution >= 0.6 is 11.8 Å². The van der Waals surface area contributed by atoms with Crippen LogP contribution in [0.25, 0.3) is 10.6 Å². The number of aromatic nitrogens is 3. The smallest absolute Gasteiger partial charge is 0.160 e. The topological polar surface area (TPSA) is 30.2 Å². The van der Waals surface area contributed by atoms with E-state index in [-0.39, 0.29) is 0 Å². The molecule has 0 unspecified atom stereocenters. The van der Waals surface area contributed by atoms with Gasteiger partial charge in [0.2, 0.25) is 0 Å². The van der Waals surface area contributed by atoms with Gasteiger partial charge in [0.1, 0.15) is 5.82 Å². The van der Waals surface area contributed by atoms with Gasteiger partial charge in [-0.1, -0.05) is 56.0 Å². The maximum Gasteiger partial charge on any atom is 0.160 e. The summed E-state index contributed by atoms with van der Waals surface area (Å²) in [5.74, 6) is 1.37. The van der Waals surface area contributed by atoms with Crippen LogP contribution in [0.4, 0.5) is 0 Å². The molecule has 0 aliphatic heterocycles. The third-order valence-corrected chi connectivity index (χ3v) is 5.02. The Hall–Kier alpha value is -2.07. The highest BCUT2D eigenvalue weighted by Crippen LogP contribution is 2.40. The SMILES string of the molecule is CC(C)c1nnc2ccc(SC3=CCc4ccccc43)cn12. The molecule has 110 valence electrons. The lowest BCUT2D eigenvalue weighted by molar-refractivity contribution is 0.757. The number of hydrogen-bond acceptors (Lipinski definition) is 3. The Kier molecular flexibility index (Phi) is 3.26. The molecule has 0 saturated carbocycles. The van der Waals surface area contributed by atoms with E-state index in [1.165, 1.54) is 20.9 Å². The predicted molar refractivity (Wildman–Crippen MR) is 91.1 cm³/mol. The van der Waals surface area contributed by atoms with Gasteiger partial charge in [0, 0.05) is 21.9 Å². The maximum atomic E-state index is 4.29. The van der Waals surface area contributed by atoms with Gasteiger partial charge in [-0.15, -0.1) is 10.2 Å². The van der Waals surface area contributed by atoms with Gasteiger partial charge in [-0.05, 0) is 29.7 Å². The second kappa shape index (κ2) is 5.29. The minimum atomic E-state index is 0.363. The lowest BCUT2D eigenvalue weighted by Crippen LogP contribution is -1.96. The molecule has 0 amide bonds. The summed E-state index contributed by atoms with van der Waals surface area (Å²) in [5, 5.41) is 8.53. The number of benzene rings is 1. The molecule has 4 rings (SSSR count). The zero-order valence-corrected chi connectivity index (χ0v) is 13.5. The van der Waals surface area contributed by atoms with Crippen LogP contribution in [-0.4, -0.2) is 14.6 Å². The Morgan fingerprint density at radius 1 is 1.09 bits per heavy atom. The van der Waals surface area contributed by atoms with Crippen LogP contribution < -0.4 is 0 Å². The van der Waals surface area contributed by atoms with E-state index in [1.54, 1.807) is 0 Å². The lowest BCUT2D eigenvalue weighted by atomic mass is 10.1. The molecule has 2 heterocycles. The molecular formula is C18H17N3S.